The number of nitrogens with zero attached hydrogens (tertiary/aromatic N) is 4. The number of carbonyl (C=O) groups excluding carboxylic acids is 1. The van der Waals surface area contributed by atoms with Crippen LogP contribution in [-0.4, -0.2) is 47.6 Å². The van der Waals surface area contributed by atoms with Crippen LogP contribution in [-0.2, 0) is 4.79 Å². The van der Waals surface area contributed by atoms with Crippen molar-refractivity contribution in [2.24, 2.45) is 9.98 Å². The number of aromatic nitrogens is 2. The van der Waals surface area contributed by atoms with Crippen LogP contribution in [0.5, 0.6) is 11.5 Å². The SMILES string of the molecule is COc1ccc(C2C(C)=Nc3ccccc3N=C2NC(=O)CSc2nnc(N)s2)cc1OC. The highest BCUT2D eigenvalue weighted by Crippen LogP contribution is 2.37. The van der Waals surface area contributed by atoms with Crippen LogP contribution >= 0.6 is 23.1 Å². The first-order chi connectivity index (χ1) is 16.0. The summed E-state index contributed by atoms with van der Waals surface area (Å²) in [7, 11) is 3.17. The molecule has 0 saturated heterocycles. The number of aliphatic imine (C=N–C) groups is 2. The van der Waals surface area contributed by atoms with Gasteiger partial charge in [-0.25, -0.2) is 4.99 Å². The van der Waals surface area contributed by atoms with E-state index in [0.717, 1.165) is 17.0 Å². The zero-order valence-electron chi connectivity index (χ0n) is 18.2. The van der Waals surface area contributed by atoms with Gasteiger partial charge in [-0.1, -0.05) is 41.3 Å². The summed E-state index contributed by atoms with van der Waals surface area (Å²) in [6, 6.07) is 13.2. The number of ether oxygens (including phenoxy) is 2. The summed E-state index contributed by atoms with van der Waals surface area (Å²) in [4.78, 5) is 22.4. The summed E-state index contributed by atoms with van der Waals surface area (Å²) < 4.78 is 11.5. The molecule has 0 bridgehead atoms. The number of amides is 1. The minimum Gasteiger partial charge on any atom is -0.493 e. The number of hydrogen-bond acceptors (Lipinski definition) is 10. The molecule has 1 aliphatic rings. The number of benzene rings is 2. The maximum Gasteiger partial charge on any atom is 0.235 e. The number of nitrogen functional groups attached to an aromatic ring is 1. The van der Waals surface area contributed by atoms with E-state index >= 15 is 0 Å². The standard InChI is InChI=1S/C22H22N6O3S2/c1-12-19(13-8-9-16(30-2)17(10-13)31-3)20(25-15-7-5-4-6-14(15)24-12)26-18(29)11-32-22-28-27-21(23)33-22/h4-10,19H,11H2,1-3H3,(H2,23,27)(H,25,26,29). The maximum absolute atomic E-state index is 12.9. The van der Waals surface area contributed by atoms with Gasteiger partial charge in [-0.2, -0.15) is 0 Å². The fraction of sp³-hybridized carbons (Fsp3) is 0.227. The van der Waals surface area contributed by atoms with Crippen LogP contribution in [0, 0.1) is 0 Å². The van der Waals surface area contributed by atoms with Crippen LogP contribution in [0.2, 0.25) is 0 Å². The highest BCUT2D eigenvalue weighted by molar-refractivity contribution is 8.01. The normalized spacial score (nSPS) is 15.1. The Morgan fingerprint density at radius 1 is 1.09 bits per heavy atom. The Morgan fingerprint density at radius 3 is 2.48 bits per heavy atom. The third-order valence-electron chi connectivity index (χ3n) is 4.87. The highest BCUT2D eigenvalue weighted by atomic mass is 32.2. The van der Waals surface area contributed by atoms with Crippen molar-refractivity contribution in [3.8, 4) is 11.5 Å². The van der Waals surface area contributed by atoms with Crippen molar-refractivity contribution in [1.29, 1.82) is 0 Å². The summed E-state index contributed by atoms with van der Waals surface area (Å²) >= 11 is 2.51. The fourth-order valence-corrected chi connectivity index (χ4v) is 4.85. The number of carbonyl (C=O) groups is 1. The first-order valence-electron chi connectivity index (χ1n) is 9.95. The molecule has 0 spiro atoms. The zero-order valence-corrected chi connectivity index (χ0v) is 19.9. The quantitative estimate of drug-likeness (QED) is 0.510. The van der Waals surface area contributed by atoms with E-state index < -0.39 is 0 Å². The molecule has 1 aliphatic heterocycles. The number of thioether (sulfide) groups is 1. The van der Waals surface area contributed by atoms with Crippen molar-refractivity contribution >= 4 is 57.1 Å². The van der Waals surface area contributed by atoms with Gasteiger partial charge in [-0.15, -0.1) is 10.2 Å². The molecular weight excluding hydrogens is 460 g/mol. The summed E-state index contributed by atoms with van der Waals surface area (Å²) in [6.07, 6.45) is 0. The summed E-state index contributed by atoms with van der Waals surface area (Å²) in [5.41, 5.74) is 8.69. The van der Waals surface area contributed by atoms with Gasteiger partial charge in [0, 0.05) is 5.71 Å². The molecular formula is C22H22N6O3S2. The second-order valence-electron chi connectivity index (χ2n) is 7.03. The molecule has 170 valence electrons. The molecule has 1 unspecified atom stereocenters. The first kappa shape index (κ1) is 22.7. The minimum atomic E-state index is -0.386. The van der Waals surface area contributed by atoms with E-state index in [1.54, 1.807) is 14.2 Å². The van der Waals surface area contributed by atoms with Crippen LogP contribution in [0.3, 0.4) is 0 Å². The van der Waals surface area contributed by atoms with Gasteiger partial charge in [0.1, 0.15) is 5.84 Å². The molecule has 2 aromatic carbocycles. The number of para-hydroxylation sites is 2. The second-order valence-corrected chi connectivity index (χ2v) is 9.26. The van der Waals surface area contributed by atoms with Gasteiger partial charge in [0.05, 0.1) is 37.3 Å². The Hall–Kier alpha value is -3.44. The maximum atomic E-state index is 12.9. The third kappa shape index (κ3) is 5.15. The number of hydrogen-bond donors (Lipinski definition) is 2. The van der Waals surface area contributed by atoms with Gasteiger partial charge in [0.25, 0.3) is 0 Å². The van der Waals surface area contributed by atoms with Crippen LogP contribution in [0.25, 0.3) is 0 Å². The molecule has 1 amide bonds. The van der Waals surface area contributed by atoms with Crippen LogP contribution in [0.4, 0.5) is 16.5 Å². The Balaban J connectivity index is 1.68. The molecule has 11 heteroatoms. The van der Waals surface area contributed by atoms with Crippen molar-refractivity contribution in [2.45, 2.75) is 17.2 Å². The number of nitrogens with one attached hydrogen (secondary N) is 1. The number of amidine groups is 1. The number of methoxy groups -OCH3 is 2. The van der Waals surface area contributed by atoms with E-state index in [1.165, 1.54) is 23.1 Å². The number of nitrogens with two attached hydrogens (primary N) is 1. The van der Waals surface area contributed by atoms with Gasteiger partial charge < -0.3 is 20.5 Å². The molecule has 0 radical (unpaired) electrons. The average molecular weight is 483 g/mol. The van der Waals surface area contributed by atoms with Crippen molar-refractivity contribution in [3.63, 3.8) is 0 Å². The molecule has 3 aromatic rings. The van der Waals surface area contributed by atoms with Gasteiger partial charge in [-0.3, -0.25) is 9.79 Å². The molecule has 1 aromatic heterocycles. The lowest BCUT2D eigenvalue weighted by Gasteiger charge is -2.20. The van der Waals surface area contributed by atoms with Crippen LogP contribution in [0.15, 0.2) is 56.8 Å². The third-order valence-corrected chi connectivity index (χ3v) is 6.75. The molecule has 0 aliphatic carbocycles. The summed E-state index contributed by atoms with van der Waals surface area (Å²) in [5, 5.41) is 11.1. The summed E-state index contributed by atoms with van der Waals surface area (Å²) in [6.45, 7) is 1.92. The lowest BCUT2D eigenvalue weighted by Crippen LogP contribution is -2.38. The van der Waals surface area contributed by atoms with Crippen LogP contribution in [0.1, 0.15) is 18.4 Å². The molecule has 1 atom stereocenters. The number of anilines is 1. The molecule has 0 fully saturated rings. The van der Waals surface area contributed by atoms with Crippen molar-refractivity contribution in [2.75, 3.05) is 25.7 Å². The second kappa shape index (κ2) is 10.0. The molecule has 33 heavy (non-hydrogen) atoms. The smallest absolute Gasteiger partial charge is 0.235 e. The monoisotopic (exact) mass is 482 g/mol. The minimum absolute atomic E-state index is 0.143. The fourth-order valence-electron chi connectivity index (χ4n) is 3.42. The average Bonchev–Trinajstić information content (AvgIpc) is 3.17. The van der Waals surface area contributed by atoms with E-state index in [9.17, 15) is 4.79 Å². The molecule has 0 saturated carbocycles. The lowest BCUT2D eigenvalue weighted by atomic mass is 9.92. The summed E-state index contributed by atoms with van der Waals surface area (Å²) in [5.74, 6) is 1.22. The molecule has 4 rings (SSSR count). The number of fused-ring (bicyclic) bond motifs is 1. The van der Waals surface area contributed by atoms with Gasteiger partial charge in [0.2, 0.25) is 11.0 Å². The largest absolute Gasteiger partial charge is 0.493 e. The van der Waals surface area contributed by atoms with E-state index in [-0.39, 0.29) is 17.6 Å². The van der Waals surface area contributed by atoms with Crippen molar-refractivity contribution < 1.29 is 14.3 Å². The zero-order chi connectivity index (χ0) is 23.4. The number of rotatable bonds is 6. The van der Waals surface area contributed by atoms with E-state index in [2.05, 4.69) is 15.5 Å². The predicted molar refractivity (Wildman–Crippen MR) is 132 cm³/mol. The topological polar surface area (TPSA) is 124 Å². The van der Waals surface area contributed by atoms with E-state index in [4.69, 9.17) is 25.2 Å². The molecule has 9 nitrogen and oxygen atoms in total. The van der Waals surface area contributed by atoms with Crippen molar-refractivity contribution in [3.05, 3.63) is 48.0 Å². The Kier molecular flexibility index (Phi) is 6.90. The van der Waals surface area contributed by atoms with Gasteiger partial charge >= 0.3 is 0 Å². The predicted octanol–water partition coefficient (Wildman–Crippen LogP) is 3.97. The van der Waals surface area contributed by atoms with Gasteiger partial charge in [-0.05, 0) is 36.8 Å². The van der Waals surface area contributed by atoms with Crippen molar-refractivity contribution in [1.82, 2.24) is 15.5 Å². The van der Waals surface area contributed by atoms with Gasteiger partial charge in [0.15, 0.2) is 15.8 Å². The highest BCUT2D eigenvalue weighted by Gasteiger charge is 2.27. The Bertz CT molecular complexity index is 1240. The van der Waals surface area contributed by atoms with Crippen LogP contribution < -0.4 is 20.5 Å². The lowest BCUT2D eigenvalue weighted by molar-refractivity contribution is -0.117. The van der Waals surface area contributed by atoms with E-state index in [0.29, 0.717) is 32.5 Å². The molecule has 3 N–H and O–H groups in total. The Morgan fingerprint density at radius 2 is 1.82 bits per heavy atom. The molecule has 2 heterocycles. The Labute approximate surface area is 199 Å². The first-order valence-corrected chi connectivity index (χ1v) is 11.7. The van der Waals surface area contributed by atoms with E-state index in [1.807, 2.05) is 49.4 Å².